The van der Waals surface area contributed by atoms with Crippen LogP contribution in [0.1, 0.15) is 5.56 Å². The van der Waals surface area contributed by atoms with Crippen molar-refractivity contribution in [3.63, 3.8) is 0 Å². The molecule has 0 aliphatic heterocycles. The number of benzene rings is 2. The van der Waals surface area contributed by atoms with Crippen LogP contribution in [-0.2, 0) is 4.79 Å². The number of H-pyrrole nitrogens is 1. The minimum Gasteiger partial charge on any atom is -0.408 e. The summed E-state index contributed by atoms with van der Waals surface area (Å²) in [5.41, 5.74) is 2.01. The molecule has 22 heavy (non-hydrogen) atoms. The van der Waals surface area contributed by atoms with Gasteiger partial charge in [0.05, 0.1) is 5.52 Å². The van der Waals surface area contributed by atoms with Crippen LogP contribution < -0.4 is 11.1 Å². The zero-order valence-corrected chi connectivity index (χ0v) is 11.3. The van der Waals surface area contributed by atoms with Gasteiger partial charge in [-0.1, -0.05) is 12.1 Å². The van der Waals surface area contributed by atoms with Crippen LogP contribution in [0, 0.1) is 5.82 Å². The molecule has 5 nitrogen and oxygen atoms in total. The highest BCUT2D eigenvalue weighted by molar-refractivity contribution is 6.02. The van der Waals surface area contributed by atoms with Crippen molar-refractivity contribution in [2.75, 3.05) is 5.32 Å². The van der Waals surface area contributed by atoms with E-state index in [-0.39, 0.29) is 11.7 Å². The molecule has 2 aromatic carbocycles. The molecule has 0 fully saturated rings. The third kappa shape index (κ3) is 3.12. The van der Waals surface area contributed by atoms with Crippen molar-refractivity contribution in [2.45, 2.75) is 0 Å². The fraction of sp³-hybridized carbons (Fsp3) is 0. The van der Waals surface area contributed by atoms with Crippen molar-refractivity contribution in [2.24, 2.45) is 0 Å². The zero-order chi connectivity index (χ0) is 15.5. The van der Waals surface area contributed by atoms with Gasteiger partial charge in [-0.25, -0.2) is 9.18 Å². The van der Waals surface area contributed by atoms with Gasteiger partial charge in [0.1, 0.15) is 5.82 Å². The molecule has 0 aliphatic rings. The first-order valence-corrected chi connectivity index (χ1v) is 6.48. The number of aromatic amines is 1. The molecule has 3 aromatic rings. The van der Waals surface area contributed by atoms with E-state index < -0.39 is 5.76 Å². The van der Waals surface area contributed by atoms with Gasteiger partial charge in [-0.3, -0.25) is 9.78 Å². The molecule has 3 rings (SSSR count). The normalized spacial score (nSPS) is 11.1. The van der Waals surface area contributed by atoms with Crippen LogP contribution >= 0.6 is 0 Å². The number of amides is 1. The van der Waals surface area contributed by atoms with Crippen LogP contribution in [0.4, 0.5) is 10.1 Å². The maximum atomic E-state index is 13.0. The third-order valence-electron chi connectivity index (χ3n) is 2.96. The second-order valence-electron chi connectivity index (χ2n) is 4.60. The SMILES string of the molecule is O=C(/C=C/c1cccc(F)c1)Nc1ccc2oc(=O)[nH]c2c1. The lowest BCUT2D eigenvalue weighted by Crippen LogP contribution is -2.07. The smallest absolute Gasteiger partial charge is 0.408 e. The van der Waals surface area contributed by atoms with Gasteiger partial charge in [0, 0.05) is 11.8 Å². The van der Waals surface area contributed by atoms with Crippen LogP contribution in [-0.4, -0.2) is 10.9 Å². The molecule has 0 bridgehead atoms. The number of fused-ring (bicyclic) bond motifs is 1. The Hall–Kier alpha value is -3.15. The second kappa shape index (κ2) is 5.69. The highest BCUT2D eigenvalue weighted by atomic mass is 19.1. The van der Waals surface area contributed by atoms with E-state index in [1.165, 1.54) is 24.3 Å². The minimum atomic E-state index is -0.551. The molecule has 0 aliphatic carbocycles. The second-order valence-corrected chi connectivity index (χ2v) is 4.60. The summed E-state index contributed by atoms with van der Waals surface area (Å²) in [5.74, 6) is -1.28. The van der Waals surface area contributed by atoms with Crippen molar-refractivity contribution in [3.8, 4) is 0 Å². The molecule has 0 atom stereocenters. The first-order valence-electron chi connectivity index (χ1n) is 6.48. The summed E-state index contributed by atoms with van der Waals surface area (Å²) >= 11 is 0. The Labute approximate surface area is 124 Å². The summed E-state index contributed by atoms with van der Waals surface area (Å²) in [6.45, 7) is 0. The van der Waals surface area contributed by atoms with Crippen LogP contribution in [0.2, 0.25) is 0 Å². The van der Waals surface area contributed by atoms with Crippen LogP contribution in [0.3, 0.4) is 0 Å². The maximum Gasteiger partial charge on any atom is 0.417 e. The fourth-order valence-electron chi connectivity index (χ4n) is 2.00. The number of aromatic nitrogens is 1. The molecule has 110 valence electrons. The van der Waals surface area contributed by atoms with Gasteiger partial charge in [-0.2, -0.15) is 0 Å². The number of hydrogen-bond donors (Lipinski definition) is 2. The summed E-state index contributed by atoms with van der Waals surface area (Å²) in [5, 5.41) is 2.64. The van der Waals surface area contributed by atoms with E-state index in [1.807, 2.05) is 0 Å². The van der Waals surface area contributed by atoms with Crippen molar-refractivity contribution in [3.05, 3.63) is 70.5 Å². The van der Waals surface area contributed by atoms with E-state index in [0.717, 1.165) is 0 Å². The molecule has 1 aromatic heterocycles. The molecule has 0 unspecified atom stereocenters. The Balaban J connectivity index is 1.73. The molecular weight excluding hydrogens is 287 g/mol. The number of oxazole rings is 1. The third-order valence-corrected chi connectivity index (χ3v) is 2.96. The highest BCUT2D eigenvalue weighted by Crippen LogP contribution is 2.16. The van der Waals surface area contributed by atoms with Crippen LogP contribution in [0.25, 0.3) is 17.2 Å². The highest BCUT2D eigenvalue weighted by Gasteiger charge is 2.03. The fourth-order valence-corrected chi connectivity index (χ4v) is 2.00. The summed E-state index contributed by atoms with van der Waals surface area (Å²) in [6.07, 6.45) is 2.81. The Morgan fingerprint density at radius 3 is 2.91 bits per heavy atom. The van der Waals surface area contributed by atoms with E-state index >= 15 is 0 Å². The Morgan fingerprint density at radius 2 is 2.09 bits per heavy atom. The van der Waals surface area contributed by atoms with Gasteiger partial charge in [-0.05, 0) is 42.0 Å². The van der Waals surface area contributed by atoms with E-state index in [0.29, 0.717) is 22.4 Å². The quantitative estimate of drug-likeness (QED) is 0.730. The standard InChI is InChI=1S/C16H11FN2O3/c17-11-3-1-2-10(8-11)4-7-15(20)18-12-5-6-14-13(9-12)19-16(21)22-14/h1-9H,(H,18,20)(H,19,21)/b7-4+. The summed E-state index contributed by atoms with van der Waals surface area (Å²) in [4.78, 5) is 25.4. The first-order chi connectivity index (χ1) is 10.6. The number of rotatable bonds is 3. The minimum absolute atomic E-state index is 0.364. The number of carbonyl (C=O) groups excluding carboxylic acids is 1. The maximum absolute atomic E-state index is 13.0. The monoisotopic (exact) mass is 298 g/mol. The zero-order valence-electron chi connectivity index (χ0n) is 11.3. The summed E-state index contributed by atoms with van der Waals surface area (Å²) in [6, 6.07) is 10.7. The molecule has 0 spiro atoms. The first kappa shape index (κ1) is 13.8. The predicted molar refractivity (Wildman–Crippen MR) is 80.9 cm³/mol. The largest absolute Gasteiger partial charge is 0.417 e. The Kier molecular flexibility index (Phi) is 3.57. The van der Waals surface area contributed by atoms with Gasteiger partial charge in [0.25, 0.3) is 0 Å². The van der Waals surface area contributed by atoms with E-state index in [2.05, 4.69) is 10.3 Å². The molecule has 6 heteroatoms. The molecule has 1 amide bonds. The average molecular weight is 298 g/mol. The average Bonchev–Trinajstić information content (AvgIpc) is 2.84. The lowest BCUT2D eigenvalue weighted by molar-refractivity contribution is -0.111. The Bertz CT molecular complexity index is 924. The van der Waals surface area contributed by atoms with Gasteiger partial charge in [0.2, 0.25) is 5.91 Å². The molecular formula is C16H11FN2O3. The predicted octanol–water partition coefficient (Wildman–Crippen LogP) is 2.91. The lowest BCUT2D eigenvalue weighted by Gasteiger charge is -2.01. The number of anilines is 1. The summed E-state index contributed by atoms with van der Waals surface area (Å²) in [7, 11) is 0. The van der Waals surface area contributed by atoms with E-state index in [9.17, 15) is 14.0 Å². The lowest BCUT2D eigenvalue weighted by atomic mass is 10.2. The van der Waals surface area contributed by atoms with E-state index in [4.69, 9.17) is 4.42 Å². The van der Waals surface area contributed by atoms with Crippen molar-refractivity contribution >= 4 is 28.8 Å². The molecule has 0 radical (unpaired) electrons. The van der Waals surface area contributed by atoms with E-state index in [1.54, 1.807) is 30.3 Å². The van der Waals surface area contributed by atoms with Crippen molar-refractivity contribution in [1.29, 1.82) is 0 Å². The molecule has 1 heterocycles. The number of halogens is 1. The van der Waals surface area contributed by atoms with Gasteiger partial charge < -0.3 is 9.73 Å². The number of hydrogen-bond acceptors (Lipinski definition) is 3. The molecule has 0 saturated carbocycles. The molecule has 0 saturated heterocycles. The van der Waals surface area contributed by atoms with Gasteiger partial charge in [-0.15, -0.1) is 0 Å². The van der Waals surface area contributed by atoms with Gasteiger partial charge >= 0.3 is 5.76 Å². The van der Waals surface area contributed by atoms with Crippen molar-refractivity contribution in [1.82, 2.24) is 4.98 Å². The summed E-state index contributed by atoms with van der Waals surface area (Å²) < 4.78 is 17.9. The van der Waals surface area contributed by atoms with Crippen LogP contribution in [0.15, 0.2) is 57.8 Å². The molecule has 2 N–H and O–H groups in total. The Morgan fingerprint density at radius 1 is 1.23 bits per heavy atom. The van der Waals surface area contributed by atoms with Crippen LogP contribution in [0.5, 0.6) is 0 Å². The topological polar surface area (TPSA) is 75.1 Å². The number of carbonyl (C=O) groups is 1. The van der Waals surface area contributed by atoms with Crippen molar-refractivity contribution < 1.29 is 13.6 Å². The van der Waals surface area contributed by atoms with Gasteiger partial charge in [0.15, 0.2) is 5.58 Å². The number of nitrogens with one attached hydrogen (secondary N) is 2.